The van der Waals surface area contributed by atoms with Gasteiger partial charge in [0.25, 0.3) is 5.91 Å². The third-order valence-corrected chi connectivity index (χ3v) is 3.58. The van der Waals surface area contributed by atoms with E-state index in [1.807, 2.05) is 0 Å². The largest absolute Gasteiger partial charge is 0.507 e. The molecule has 0 bridgehead atoms. The van der Waals surface area contributed by atoms with E-state index in [-0.39, 0.29) is 17.7 Å². The first-order chi connectivity index (χ1) is 8.63. The minimum absolute atomic E-state index is 0.0527. The Bertz CT molecular complexity index is 506. The van der Waals surface area contributed by atoms with Crippen molar-refractivity contribution in [2.75, 3.05) is 6.54 Å². The van der Waals surface area contributed by atoms with Crippen LogP contribution in [0.25, 0.3) is 0 Å². The van der Waals surface area contributed by atoms with Crippen molar-refractivity contribution in [2.45, 2.75) is 25.3 Å². The highest BCUT2D eigenvalue weighted by Crippen LogP contribution is 2.30. The Hall–Kier alpha value is -1.54. The SMILES string of the molecule is N#CCCN(C(=O)c1ccc(Br)c(O)c1)C1CC1. The van der Waals surface area contributed by atoms with Gasteiger partial charge in [-0.25, -0.2) is 0 Å². The molecule has 1 N–H and O–H groups in total. The average Bonchev–Trinajstić information content (AvgIpc) is 3.17. The molecule has 0 radical (unpaired) electrons. The number of benzene rings is 1. The lowest BCUT2D eigenvalue weighted by molar-refractivity contribution is 0.0746. The van der Waals surface area contributed by atoms with E-state index in [4.69, 9.17) is 5.26 Å². The second-order valence-electron chi connectivity index (χ2n) is 4.30. The number of phenolic OH excluding ortho intramolecular Hbond substituents is 1. The van der Waals surface area contributed by atoms with Gasteiger partial charge in [-0.15, -0.1) is 0 Å². The zero-order valence-corrected chi connectivity index (χ0v) is 11.4. The van der Waals surface area contributed by atoms with Crippen LogP contribution in [-0.4, -0.2) is 28.5 Å². The van der Waals surface area contributed by atoms with Crippen LogP contribution in [0.5, 0.6) is 5.75 Å². The van der Waals surface area contributed by atoms with E-state index in [2.05, 4.69) is 22.0 Å². The number of nitrogens with zero attached hydrogens (tertiary/aromatic N) is 2. The molecule has 0 atom stereocenters. The molecule has 0 aromatic heterocycles. The van der Waals surface area contributed by atoms with Crippen molar-refractivity contribution in [3.8, 4) is 11.8 Å². The second kappa shape index (κ2) is 5.40. The Morgan fingerprint density at radius 1 is 1.56 bits per heavy atom. The quantitative estimate of drug-likeness (QED) is 0.930. The zero-order valence-electron chi connectivity index (χ0n) is 9.77. The number of phenols is 1. The highest BCUT2D eigenvalue weighted by molar-refractivity contribution is 9.10. The Kier molecular flexibility index (Phi) is 3.87. The predicted octanol–water partition coefficient (Wildman–Crippen LogP) is 2.67. The van der Waals surface area contributed by atoms with Gasteiger partial charge in [-0.3, -0.25) is 4.79 Å². The summed E-state index contributed by atoms with van der Waals surface area (Å²) in [6.07, 6.45) is 2.34. The predicted molar refractivity (Wildman–Crippen MR) is 70.1 cm³/mol. The smallest absolute Gasteiger partial charge is 0.254 e. The summed E-state index contributed by atoms with van der Waals surface area (Å²) in [6, 6.07) is 7.10. The molecule has 1 aromatic rings. The number of halogens is 1. The van der Waals surface area contributed by atoms with E-state index >= 15 is 0 Å². The topological polar surface area (TPSA) is 64.3 Å². The molecule has 1 aromatic carbocycles. The van der Waals surface area contributed by atoms with E-state index in [0.717, 1.165) is 12.8 Å². The molecule has 1 aliphatic carbocycles. The zero-order chi connectivity index (χ0) is 13.1. The van der Waals surface area contributed by atoms with Gasteiger partial charge in [0.1, 0.15) is 5.75 Å². The summed E-state index contributed by atoms with van der Waals surface area (Å²) < 4.78 is 0.564. The number of hydrogen-bond donors (Lipinski definition) is 1. The fraction of sp³-hybridized carbons (Fsp3) is 0.385. The third-order valence-electron chi connectivity index (χ3n) is 2.91. The Balaban J connectivity index is 2.17. The molecule has 5 heteroatoms. The monoisotopic (exact) mass is 308 g/mol. The third kappa shape index (κ3) is 2.82. The van der Waals surface area contributed by atoms with Crippen LogP contribution >= 0.6 is 15.9 Å². The number of aromatic hydroxyl groups is 1. The summed E-state index contributed by atoms with van der Waals surface area (Å²) in [5, 5.41) is 18.2. The highest BCUT2D eigenvalue weighted by Gasteiger charge is 2.32. The number of carbonyl (C=O) groups excluding carboxylic acids is 1. The summed E-state index contributed by atoms with van der Waals surface area (Å²) in [4.78, 5) is 14.0. The van der Waals surface area contributed by atoms with E-state index in [1.54, 1.807) is 17.0 Å². The van der Waals surface area contributed by atoms with Crippen LogP contribution in [0.2, 0.25) is 0 Å². The molecule has 2 rings (SSSR count). The lowest BCUT2D eigenvalue weighted by Gasteiger charge is -2.21. The number of amides is 1. The number of hydrogen-bond acceptors (Lipinski definition) is 3. The van der Waals surface area contributed by atoms with Crippen LogP contribution in [-0.2, 0) is 0 Å². The van der Waals surface area contributed by atoms with Crippen molar-refractivity contribution < 1.29 is 9.90 Å². The van der Waals surface area contributed by atoms with Crippen LogP contribution in [0.15, 0.2) is 22.7 Å². The summed E-state index contributed by atoms with van der Waals surface area (Å²) in [7, 11) is 0. The molecule has 0 saturated heterocycles. The van der Waals surface area contributed by atoms with Gasteiger partial charge in [-0.05, 0) is 47.0 Å². The Labute approximate surface area is 114 Å². The van der Waals surface area contributed by atoms with Gasteiger partial charge in [0.2, 0.25) is 0 Å². The second-order valence-corrected chi connectivity index (χ2v) is 5.16. The summed E-state index contributed by atoms with van der Waals surface area (Å²) in [5.41, 5.74) is 0.459. The van der Waals surface area contributed by atoms with Gasteiger partial charge in [0.05, 0.1) is 17.0 Å². The molecular formula is C13H13BrN2O2. The van der Waals surface area contributed by atoms with Crippen LogP contribution in [0.3, 0.4) is 0 Å². The molecule has 1 saturated carbocycles. The first-order valence-electron chi connectivity index (χ1n) is 5.80. The lowest BCUT2D eigenvalue weighted by atomic mass is 10.2. The van der Waals surface area contributed by atoms with Crippen molar-refractivity contribution in [3.63, 3.8) is 0 Å². The van der Waals surface area contributed by atoms with E-state index < -0.39 is 0 Å². The highest BCUT2D eigenvalue weighted by atomic mass is 79.9. The van der Waals surface area contributed by atoms with Crippen LogP contribution in [0.1, 0.15) is 29.6 Å². The molecule has 4 nitrogen and oxygen atoms in total. The first-order valence-corrected chi connectivity index (χ1v) is 6.59. The summed E-state index contributed by atoms with van der Waals surface area (Å²) in [6.45, 7) is 0.455. The van der Waals surface area contributed by atoms with Crippen LogP contribution < -0.4 is 0 Å². The maximum absolute atomic E-state index is 12.3. The molecule has 0 spiro atoms. The molecular weight excluding hydrogens is 296 g/mol. The van der Waals surface area contributed by atoms with Crippen LogP contribution in [0, 0.1) is 11.3 Å². The van der Waals surface area contributed by atoms with Crippen molar-refractivity contribution in [3.05, 3.63) is 28.2 Å². The minimum Gasteiger partial charge on any atom is -0.507 e. The van der Waals surface area contributed by atoms with Crippen molar-refractivity contribution in [1.29, 1.82) is 5.26 Å². The van der Waals surface area contributed by atoms with Gasteiger partial charge in [0, 0.05) is 18.2 Å². The Morgan fingerprint density at radius 3 is 2.83 bits per heavy atom. The standard InChI is InChI=1S/C13H13BrN2O2/c14-11-5-2-9(8-12(11)17)13(18)16(7-1-6-15)10-3-4-10/h2,5,8,10,17H,1,3-4,7H2. The summed E-state index contributed by atoms with van der Waals surface area (Å²) >= 11 is 3.18. The number of carbonyl (C=O) groups is 1. The van der Waals surface area contributed by atoms with Gasteiger partial charge in [0.15, 0.2) is 0 Å². The molecule has 18 heavy (non-hydrogen) atoms. The molecule has 0 unspecified atom stereocenters. The molecule has 0 aliphatic heterocycles. The van der Waals surface area contributed by atoms with Crippen molar-refractivity contribution in [1.82, 2.24) is 4.90 Å². The fourth-order valence-electron chi connectivity index (χ4n) is 1.82. The van der Waals surface area contributed by atoms with Gasteiger partial charge >= 0.3 is 0 Å². The fourth-order valence-corrected chi connectivity index (χ4v) is 2.06. The van der Waals surface area contributed by atoms with E-state index in [1.165, 1.54) is 6.07 Å². The van der Waals surface area contributed by atoms with E-state index in [9.17, 15) is 9.90 Å². The molecule has 0 heterocycles. The lowest BCUT2D eigenvalue weighted by Crippen LogP contribution is -2.33. The normalized spacial score (nSPS) is 14.0. The molecule has 94 valence electrons. The number of rotatable bonds is 4. The molecule has 1 amide bonds. The van der Waals surface area contributed by atoms with Gasteiger partial charge < -0.3 is 10.0 Å². The van der Waals surface area contributed by atoms with Crippen molar-refractivity contribution in [2.24, 2.45) is 0 Å². The molecule has 1 fully saturated rings. The van der Waals surface area contributed by atoms with E-state index in [0.29, 0.717) is 23.0 Å². The average molecular weight is 309 g/mol. The maximum atomic E-state index is 12.3. The first kappa shape index (κ1) is 12.9. The van der Waals surface area contributed by atoms with Gasteiger partial charge in [-0.1, -0.05) is 0 Å². The minimum atomic E-state index is -0.115. The van der Waals surface area contributed by atoms with Gasteiger partial charge in [-0.2, -0.15) is 5.26 Å². The maximum Gasteiger partial charge on any atom is 0.254 e. The number of nitriles is 1. The summed E-state index contributed by atoms with van der Waals surface area (Å²) in [5.74, 6) is -0.0626. The molecule has 1 aliphatic rings. The van der Waals surface area contributed by atoms with Crippen molar-refractivity contribution >= 4 is 21.8 Å². The van der Waals surface area contributed by atoms with Crippen LogP contribution in [0.4, 0.5) is 0 Å². The Morgan fingerprint density at radius 2 is 2.28 bits per heavy atom.